The van der Waals surface area contributed by atoms with Gasteiger partial charge in [0, 0.05) is 72.7 Å². The molecule has 2 aromatic rings. The van der Waals surface area contributed by atoms with Crippen LogP contribution in [-0.4, -0.2) is 113 Å². The van der Waals surface area contributed by atoms with Crippen LogP contribution in [0.5, 0.6) is 5.75 Å². The molecule has 6 heterocycles. The Bertz CT molecular complexity index is 1920. The van der Waals surface area contributed by atoms with Crippen LogP contribution in [0, 0.1) is 5.92 Å². The molecule has 16 nitrogen and oxygen atoms in total. The number of fused-ring (bicyclic) bond motifs is 3. The minimum absolute atomic E-state index is 0.0485. The Labute approximate surface area is 299 Å². The van der Waals surface area contributed by atoms with Crippen LogP contribution in [0.15, 0.2) is 44.9 Å². The maximum Gasteiger partial charge on any atom is 0.352 e. The lowest BCUT2D eigenvalue weighted by Crippen LogP contribution is -2.64. The number of pyridine rings is 1. The molecular formula is C33H39N6O10S2+. The Kier molecular flexibility index (Phi) is 9.53. The summed E-state index contributed by atoms with van der Waals surface area (Å²) in [5.74, 6) is -4.98. The number of Topliss-reactive ketones (excluding diaryl/α,β-unsaturated/α-hetero) is 1. The molecule has 3 fully saturated rings. The number of hydrogen-bond acceptors (Lipinski definition) is 12. The van der Waals surface area contributed by atoms with Crippen LogP contribution in [0.2, 0.25) is 0 Å². The van der Waals surface area contributed by atoms with Gasteiger partial charge in [0.1, 0.15) is 17.9 Å². The first kappa shape index (κ1) is 36.1. The van der Waals surface area contributed by atoms with Crippen molar-refractivity contribution in [1.82, 2.24) is 15.2 Å². The van der Waals surface area contributed by atoms with Gasteiger partial charge in [-0.05, 0) is 19.9 Å². The number of oxime groups is 1. The second-order valence-corrected chi connectivity index (χ2v) is 16.2. The normalized spacial score (nSPS) is 27.4. The summed E-state index contributed by atoms with van der Waals surface area (Å²) in [6.45, 7) is 2.97. The molecule has 272 valence electrons. The van der Waals surface area contributed by atoms with Crippen LogP contribution in [0.4, 0.5) is 5.00 Å². The Morgan fingerprint density at radius 2 is 1.84 bits per heavy atom. The first-order valence-corrected chi connectivity index (χ1v) is 18.3. The van der Waals surface area contributed by atoms with Gasteiger partial charge in [-0.3, -0.25) is 24.1 Å². The van der Waals surface area contributed by atoms with Gasteiger partial charge in [0.05, 0.1) is 35.4 Å². The van der Waals surface area contributed by atoms with Crippen molar-refractivity contribution in [1.29, 1.82) is 0 Å². The van der Waals surface area contributed by atoms with Crippen molar-refractivity contribution in [2.75, 3.05) is 25.1 Å². The number of hydrogen-bond donors (Lipinski definition) is 6. The molecule has 6 rings (SSSR count). The number of nitrogens with zero attached hydrogens (tertiary/aromatic N) is 3. The van der Waals surface area contributed by atoms with Crippen molar-refractivity contribution in [2.24, 2.45) is 11.1 Å². The molecule has 7 N–H and O–H groups in total. The number of quaternary nitrogens is 1. The largest absolute Gasteiger partial charge is 0.503 e. The van der Waals surface area contributed by atoms with E-state index in [-0.39, 0.29) is 41.6 Å². The first-order chi connectivity index (χ1) is 24.0. The number of ketones is 1. The lowest BCUT2D eigenvalue weighted by atomic mass is 9.88. The molecule has 6 atom stereocenters. The number of thiophene rings is 1. The van der Waals surface area contributed by atoms with Crippen LogP contribution < -0.4 is 16.5 Å². The fourth-order valence-electron chi connectivity index (χ4n) is 7.56. The molecular weight excluding hydrogens is 705 g/mol. The van der Waals surface area contributed by atoms with E-state index in [0.29, 0.717) is 45.8 Å². The molecule has 2 unspecified atom stereocenters. The summed E-state index contributed by atoms with van der Waals surface area (Å²) in [7, 11) is 2.09. The lowest BCUT2D eigenvalue weighted by Gasteiger charge is -2.52. The number of carboxylic acid groups (broad SMARTS) is 2. The second kappa shape index (κ2) is 13.5. The number of H-pyrrole nitrogens is 1. The molecule has 2 aromatic heterocycles. The number of piperidine rings is 1. The van der Waals surface area contributed by atoms with Crippen LogP contribution in [-0.2, 0) is 24.0 Å². The van der Waals surface area contributed by atoms with Crippen molar-refractivity contribution in [3.05, 3.63) is 56.5 Å². The van der Waals surface area contributed by atoms with E-state index in [9.17, 15) is 44.1 Å². The van der Waals surface area contributed by atoms with Gasteiger partial charge in [0.25, 0.3) is 5.91 Å². The topological polar surface area (TPSA) is 242 Å². The number of thioether (sulfide) groups is 1. The van der Waals surface area contributed by atoms with Gasteiger partial charge >= 0.3 is 11.9 Å². The van der Waals surface area contributed by atoms with E-state index >= 15 is 0 Å². The standard InChI is InChI=1S/C33H38N6O10S2/c1-33(2,32(47)48)49-37-26(15-6-25(34)50-13-15)23(41)9-20-29(44)38-27(31(45)46)16(14-51-30(20)38)12-39(3)18-4-5-19(39)8-17(7-18)36-28(43)21-10-22(40)24(42)11-35-21/h6,10-11,13,17-20,30H,4-5,7-9,12,14,34H2,1-3H3,(H4-,35,36,37,40,41,42,43,45,46,47,48)/p+1/t17?,18-,19+,20-,30-,39?/m1/s1. The van der Waals surface area contributed by atoms with Crippen LogP contribution in [0.3, 0.4) is 0 Å². The number of aromatic amines is 1. The fraction of sp³-hybridized carbons (Fsp3) is 0.485. The number of carboxylic acids is 2. The number of nitrogen functional groups attached to an aromatic ring is 1. The van der Waals surface area contributed by atoms with E-state index in [0.717, 1.165) is 36.4 Å². The minimum atomic E-state index is -1.73. The van der Waals surface area contributed by atoms with Gasteiger partial charge in [-0.15, -0.1) is 23.1 Å². The molecule has 0 radical (unpaired) electrons. The van der Waals surface area contributed by atoms with Gasteiger partial charge in [0.15, 0.2) is 17.2 Å². The molecule has 2 bridgehead atoms. The molecule has 4 aliphatic rings. The number of nitrogens with two attached hydrogens (primary N) is 1. The fourth-order valence-corrected chi connectivity index (χ4v) is 9.61. The SMILES string of the molecule is CC(C)(O/N=C(\C(=O)C[C@@H]1C(=O)N2C(C(=O)O)=C(C[N+]3(C)[C@@H]4CC[C@H]3CC(NC(=O)c3cc(=O)c(O)c[nH]3)C4)CS[C@H]12)c1csc(N)c1)C(=O)O. The molecule has 0 saturated carbocycles. The van der Waals surface area contributed by atoms with E-state index in [2.05, 4.69) is 22.5 Å². The number of aliphatic carboxylic acids is 2. The molecule has 0 spiro atoms. The van der Waals surface area contributed by atoms with Gasteiger partial charge in [-0.25, -0.2) is 9.59 Å². The third-order valence-electron chi connectivity index (χ3n) is 10.4. The summed E-state index contributed by atoms with van der Waals surface area (Å²) in [5, 5.41) is 37.6. The quantitative estimate of drug-likeness (QED) is 0.0788. The molecule has 18 heteroatoms. The number of β-lactam (4-membered cyclic amide) rings is 1. The third-order valence-corrected chi connectivity index (χ3v) is 12.6. The van der Waals surface area contributed by atoms with Crippen molar-refractivity contribution >= 4 is 63.3 Å². The van der Waals surface area contributed by atoms with Crippen molar-refractivity contribution in [2.45, 2.75) is 75.1 Å². The number of amides is 2. The third kappa shape index (κ3) is 6.74. The summed E-state index contributed by atoms with van der Waals surface area (Å²) >= 11 is 2.55. The first-order valence-electron chi connectivity index (χ1n) is 16.3. The highest BCUT2D eigenvalue weighted by molar-refractivity contribution is 8.00. The number of likely N-dealkylation sites (N-methyl/N-ethyl adjacent to an activating group) is 1. The summed E-state index contributed by atoms with van der Waals surface area (Å²) < 4.78 is 0.569. The number of aromatic hydroxyl groups is 1. The van der Waals surface area contributed by atoms with Gasteiger partial charge in [-0.2, -0.15) is 0 Å². The number of nitrogens with one attached hydrogen (secondary N) is 2. The monoisotopic (exact) mass is 743 g/mol. The zero-order valence-electron chi connectivity index (χ0n) is 28.1. The van der Waals surface area contributed by atoms with Crippen molar-refractivity contribution < 1.29 is 48.6 Å². The summed E-state index contributed by atoms with van der Waals surface area (Å²) in [5.41, 5.74) is 4.23. The molecule has 0 aromatic carbocycles. The van der Waals surface area contributed by atoms with Crippen LogP contribution >= 0.6 is 23.1 Å². The average molecular weight is 744 g/mol. The van der Waals surface area contributed by atoms with Gasteiger partial charge in [-0.1, -0.05) is 5.16 Å². The number of carbonyl (C=O) groups excluding carboxylic acids is 3. The molecule has 4 aliphatic heterocycles. The maximum absolute atomic E-state index is 13.6. The van der Waals surface area contributed by atoms with E-state index < -0.39 is 57.6 Å². The maximum atomic E-state index is 13.6. The van der Waals surface area contributed by atoms with Gasteiger partial charge in [0.2, 0.25) is 16.9 Å². The van der Waals surface area contributed by atoms with Crippen molar-refractivity contribution in [3.63, 3.8) is 0 Å². The predicted molar refractivity (Wildman–Crippen MR) is 186 cm³/mol. The van der Waals surface area contributed by atoms with Gasteiger partial charge < -0.3 is 40.7 Å². The highest BCUT2D eigenvalue weighted by Gasteiger charge is 2.57. The lowest BCUT2D eigenvalue weighted by molar-refractivity contribution is -0.944. The Morgan fingerprint density at radius 3 is 2.43 bits per heavy atom. The van der Waals surface area contributed by atoms with E-state index in [1.807, 2.05) is 0 Å². The van der Waals surface area contributed by atoms with Crippen LogP contribution in [0.25, 0.3) is 0 Å². The zero-order chi connectivity index (χ0) is 37.0. The Morgan fingerprint density at radius 1 is 1.16 bits per heavy atom. The minimum Gasteiger partial charge on any atom is -0.503 e. The summed E-state index contributed by atoms with van der Waals surface area (Å²) in [6, 6.07) is 2.63. The number of carbonyl (C=O) groups is 5. The summed E-state index contributed by atoms with van der Waals surface area (Å²) in [6.07, 6.45) is 3.85. The summed E-state index contributed by atoms with van der Waals surface area (Å²) in [4.78, 5) is 85.3. The molecule has 51 heavy (non-hydrogen) atoms. The average Bonchev–Trinajstić information content (AvgIpc) is 3.53. The molecule has 2 amide bonds. The highest BCUT2D eigenvalue weighted by Crippen LogP contribution is 2.48. The molecule has 0 aliphatic carbocycles. The number of aromatic nitrogens is 1. The van der Waals surface area contributed by atoms with E-state index in [1.165, 1.54) is 36.6 Å². The van der Waals surface area contributed by atoms with Crippen LogP contribution in [0.1, 0.15) is 62.0 Å². The highest BCUT2D eigenvalue weighted by atomic mass is 32.2. The van der Waals surface area contributed by atoms with E-state index in [4.69, 9.17) is 10.6 Å². The van der Waals surface area contributed by atoms with Crippen molar-refractivity contribution in [3.8, 4) is 5.75 Å². The zero-order valence-corrected chi connectivity index (χ0v) is 29.7. The Balaban J connectivity index is 1.15. The second-order valence-electron chi connectivity index (χ2n) is 14.1. The Hall–Kier alpha value is -4.68. The molecule has 3 saturated heterocycles. The smallest absolute Gasteiger partial charge is 0.352 e. The number of anilines is 1. The van der Waals surface area contributed by atoms with E-state index in [1.54, 1.807) is 5.38 Å². The number of rotatable bonds is 12. The predicted octanol–water partition coefficient (Wildman–Crippen LogP) is 1.71.